The van der Waals surface area contributed by atoms with Gasteiger partial charge in [0.05, 0.1) is 39.9 Å². The van der Waals surface area contributed by atoms with E-state index in [2.05, 4.69) is 55.6 Å². The van der Waals surface area contributed by atoms with Gasteiger partial charge < -0.3 is 28.8 Å². The molecule has 1 amide bonds. The summed E-state index contributed by atoms with van der Waals surface area (Å²) >= 11 is 0. The van der Waals surface area contributed by atoms with E-state index in [0.29, 0.717) is 17.4 Å². The lowest BCUT2D eigenvalue weighted by atomic mass is 10.0. The van der Waals surface area contributed by atoms with Gasteiger partial charge in [0.1, 0.15) is 13.2 Å². The molecule has 0 aliphatic rings. The van der Waals surface area contributed by atoms with Gasteiger partial charge in [-0.1, -0.05) is 249 Å². The normalized spacial score (nSPS) is 14.2. The molecule has 0 radical (unpaired) electrons. The predicted octanol–water partition coefficient (Wildman–Crippen LogP) is 17.3. The number of carbonyl (C=O) groups excluding carboxylic acids is 1. The van der Waals surface area contributed by atoms with E-state index >= 15 is 0 Å². The number of allylic oxidation sites excluding steroid dienone is 7. The Morgan fingerprint density at radius 3 is 1.17 bits per heavy atom. The van der Waals surface area contributed by atoms with Crippen LogP contribution in [-0.4, -0.2) is 68.5 Å². The Morgan fingerprint density at radius 1 is 0.493 bits per heavy atom. The SMILES string of the molecule is CCCCCCCCCC/C=C\CCCCCCCCCCCCCCCCCC(=O)NC(COP(=O)([O-])OCC[N+](C)(C)C)C(O)/C=C/CC/C=C/CC/C=C/CCCCCCCCCCCC. The van der Waals surface area contributed by atoms with Gasteiger partial charge in [-0.25, -0.2) is 0 Å². The molecule has 3 unspecified atom stereocenters. The maximum Gasteiger partial charge on any atom is 0.268 e. The van der Waals surface area contributed by atoms with Crippen LogP contribution < -0.4 is 10.2 Å². The number of likely N-dealkylation sites (N-methyl/N-ethyl adjacent to an activating group) is 1. The minimum absolute atomic E-state index is 0.00877. The van der Waals surface area contributed by atoms with E-state index in [0.717, 1.165) is 44.9 Å². The number of hydrogen-bond acceptors (Lipinski definition) is 6. The molecule has 9 heteroatoms. The molecule has 0 heterocycles. The first-order valence-electron chi connectivity index (χ1n) is 29.5. The maximum atomic E-state index is 13.0. The first-order valence-corrected chi connectivity index (χ1v) is 31.0. The van der Waals surface area contributed by atoms with Gasteiger partial charge in [-0.2, -0.15) is 0 Å². The van der Waals surface area contributed by atoms with Gasteiger partial charge >= 0.3 is 0 Å². The summed E-state index contributed by atoms with van der Waals surface area (Å²) in [6.07, 6.45) is 67.7. The molecule has 3 atom stereocenters. The van der Waals surface area contributed by atoms with Gasteiger partial charge in [0.15, 0.2) is 0 Å². The molecule has 0 aromatic rings. The zero-order valence-electron chi connectivity index (χ0n) is 46.3. The molecule has 8 nitrogen and oxygen atoms in total. The van der Waals surface area contributed by atoms with Crippen molar-refractivity contribution in [3.63, 3.8) is 0 Å². The lowest BCUT2D eigenvalue weighted by Gasteiger charge is -2.29. The van der Waals surface area contributed by atoms with Crippen molar-refractivity contribution in [3.8, 4) is 0 Å². The Balaban J connectivity index is 4.22. The average Bonchev–Trinajstić information content (AvgIpc) is 3.31. The molecule has 0 aromatic heterocycles. The molecule has 0 saturated carbocycles. The number of quaternary nitrogens is 1. The van der Waals surface area contributed by atoms with Crippen LogP contribution in [0.1, 0.15) is 277 Å². The summed E-state index contributed by atoms with van der Waals surface area (Å²) in [7, 11) is 1.24. The number of aliphatic hydroxyl groups is 1. The predicted molar refractivity (Wildman–Crippen MR) is 298 cm³/mol. The van der Waals surface area contributed by atoms with Crippen LogP contribution >= 0.6 is 7.82 Å². The number of unbranched alkanes of at least 4 members (excludes halogenated alkanes) is 35. The van der Waals surface area contributed by atoms with Gasteiger partial charge in [-0.15, -0.1) is 0 Å². The van der Waals surface area contributed by atoms with E-state index in [1.54, 1.807) is 6.08 Å². The molecule has 0 fully saturated rings. The first-order chi connectivity index (χ1) is 33.5. The zero-order chi connectivity index (χ0) is 50.6. The Hall–Kier alpha value is -1.54. The monoisotopic (exact) mass is 991 g/mol. The van der Waals surface area contributed by atoms with Crippen molar-refractivity contribution in [3.05, 3.63) is 48.6 Å². The second-order valence-electron chi connectivity index (χ2n) is 21.3. The molecular formula is C60H115N2O6P. The van der Waals surface area contributed by atoms with Crippen LogP contribution in [0.15, 0.2) is 48.6 Å². The summed E-state index contributed by atoms with van der Waals surface area (Å²) in [5.74, 6) is -0.208. The second kappa shape index (κ2) is 51.4. The fourth-order valence-corrected chi connectivity index (χ4v) is 9.32. The highest BCUT2D eigenvalue weighted by Gasteiger charge is 2.23. The average molecular weight is 992 g/mol. The number of aliphatic hydroxyl groups excluding tert-OH is 1. The lowest BCUT2D eigenvalue weighted by Crippen LogP contribution is -2.45. The molecule has 0 aromatic carbocycles. The van der Waals surface area contributed by atoms with Crippen molar-refractivity contribution in [2.45, 2.75) is 289 Å². The Kier molecular flexibility index (Phi) is 50.2. The van der Waals surface area contributed by atoms with Crippen molar-refractivity contribution in [1.29, 1.82) is 0 Å². The third kappa shape index (κ3) is 54.1. The Bertz CT molecular complexity index is 1260. The minimum atomic E-state index is -4.61. The lowest BCUT2D eigenvalue weighted by molar-refractivity contribution is -0.870. The molecule has 0 aliphatic carbocycles. The van der Waals surface area contributed by atoms with E-state index < -0.39 is 26.6 Å². The van der Waals surface area contributed by atoms with Crippen molar-refractivity contribution < 1.29 is 32.9 Å². The van der Waals surface area contributed by atoms with Crippen LogP contribution in [0.25, 0.3) is 0 Å². The minimum Gasteiger partial charge on any atom is -0.756 e. The molecule has 0 aliphatic heterocycles. The smallest absolute Gasteiger partial charge is 0.268 e. The second-order valence-corrected chi connectivity index (χ2v) is 22.7. The molecular weight excluding hydrogens is 876 g/mol. The maximum absolute atomic E-state index is 13.0. The highest BCUT2D eigenvalue weighted by atomic mass is 31.2. The molecule has 0 saturated heterocycles. The summed E-state index contributed by atoms with van der Waals surface area (Å²) in [4.78, 5) is 25.5. The highest BCUT2D eigenvalue weighted by Crippen LogP contribution is 2.38. The van der Waals surface area contributed by atoms with Crippen LogP contribution in [0.3, 0.4) is 0 Å². The molecule has 2 N–H and O–H groups in total. The number of rotatable bonds is 54. The van der Waals surface area contributed by atoms with Gasteiger partial charge in [0.25, 0.3) is 7.82 Å². The summed E-state index contributed by atoms with van der Waals surface area (Å²) < 4.78 is 23.3. The van der Waals surface area contributed by atoms with Gasteiger partial charge in [0, 0.05) is 6.42 Å². The Morgan fingerprint density at radius 2 is 0.812 bits per heavy atom. The molecule has 69 heavy (non-hydrogen) atoms. The molecule has 0 rings (SSSR count). The standard InChI is InChI=1S/C60H115N2O6P/c1-6-8-10-12-14-16-18-20-22-24-26-28-29-30-31-32-33-34-36-38-40-42-44-46-48-50-52-54-60(64)61-58(57-68-69(65,66)67-56-55-62(3,4)5)59(63)53-51-49-47-45-43-41-39-37-35-27-25-23-21-19-17-15-13-11-9-7-2/h24,26,35,37,43,45,51,53,58-59,63H,6-23,25,27-34,36,38-42,44,46-50,52,54-57H2,1-5H3,(H-,61,64,65,66)/b26-24-,37-35+,45-43+,53-51+. The van der Waals surface area contributed by atoms with E-state index in [-0.39, 0.29) is 12.5 Å². The zero-order valence-corrected chi connectivity index (χ0v) is 47.2. The van der Waals surface area contributed by atoms with Crippen LogP contribution in [-0.2, 0) is 18.4 Å². The summed E-state index contributed by atoms with van der Waals surface area (Å²) in [5.41, 5.74) is 0. The number of nitrogens with zero attached hydrogens (tertiary/aromatic N) is 1. The van der Waals surface area contributed by atoms with Crippen LogP contribution in [0.4, 0.5) is 0 Å². The largest absolute Gasteiger partial charge is 0.756 e. The fraction of sp³-hybridized carbons (Fsp3) is 0.850. The van der Waals surface area contributed by atoms with E-state index in [4.69, 9.17) is 9.05 Å². The van der Waals surface area contributed by atoms with Crippen molar-refractivity contribution in [2.75, 3.05) is 40.9 Å². The number of carbonyl (C=O) groups is 1. The first kappa shape index (κ1) is 67.5. The van der Waals surface area contributed by atoms with E-state index in [1.807, 2.05) is 27.2 Å². The third-order valence-electron chi connectivity index (χ3n) is 13.2. The van der Waals surface area contributed by atoms with Crippen LogP contribution in [0, 0.1) is 0 Å². The van der Waals surface area contributed by atoms with Gasteiger partial charge in [-0.3, -0.25) is 9.36 Å². The van der Waals surface area contributed by atoms with Crippen molar-refractivity contribution >= 4 is 13.7 Å². The van der Waals surface area contributed by atoms with E-state index in [9.17, 15) is 19.4 Å². The van der Waals surface area contributed by atoms with Crippen molar-refractivity contribution in [1.82, 2.24) is 5.32 Å². The summed E-state index contributed by atoms with van der Waals surface area (Å²) in [5, 5.41) is 13.9. The number of phosphoric ester groups is 1. The molecule has 0 bridgehead atoms. The van der Waals surface area contributed by atoms with Gasteiger partial charge in [-0.05, 0) is 70.6 Å². The number of nitrogens with one attached hydrogen (secondary N) is 1. The van der Waals surface area contributed by atoms with Crippen molar-refractivity contribution in [2.24, 2.45) is 0 Å². The quantitative estimate of drug-likeness (QED) is 0.0272. The van der Waals surface area contributed by atoms with Crippen LogP contribution in [0.2, 0.25) is 0 Å². The molecule has 406 valence electrons. The highest BCUT2D eigenvalue weighted by molar-refractivity contribution is 7.45. The summed E-state index contributed by atoms with van der Waals surface area (Å²) in [6, 6.07) is -0.910. The third-order valence-corrected chi connectivity index (χ3v) is 14.2. The number of hydrogen-bond donors (Lipinski definition) is 2. The summed E-state index contributed by atoms with van der Waals surface area (Å²) in [6.45, 7) is 4.65. The van der Waals surface area contributed by atoms with Gasteiger partial charge in [0.2, 0.25) is 5.91 Å². The number of amides is 1. The topological polar surface area (TPSA) is 108 Å². The van der Waals surface area contributed by atoms with Crippen LogP contribution in [0.5, 0.6) is 0 Å². The van der Waals surface area contributed by atoms with E-state index in [1.165, 1.54) is 212 Å². The number of phosphoric acid groups is 1. The Labute approximate surface area is 429 Å². The molecule has 0 spiro atoms. The fourth-order valence-electron chi connectivity index (χ4n) is 8.59.